The summed E-state index contributed by atoms with van der Waals surface area (Å²) in [6.45, 7) is 2.35. The van der Waals surface area contributed by atoms with Crippen molar-refractivity contribution in [2.24, 2.45) is 4.99 Å². The van der Waals surface area contributed by atoms with Crippen molar-refractivity contribution in [2.75, 3.05) is 23.7 Å². The van der Waals surface area contributed by atoms with Crippen LogP contribution in [0.2, 0.25) is 0 Å². The maximum absolute atomic E-state index is 5.66. The Morgan fingerprint density at radius 1 is 0.900 bits per heavy atom. The van der Waals surface area contributed by atoms with Gasteiger partial charge in [-0.1, -0.05) is 12.1 Å². The average Bonchev–Trinajstić information content (AvgIpc) is 3.01. The van der Waals surface area contributed by atoms with Crippen LogP contribution in [0.1, 0.15) is 18.4 Å². The van der Waals surface area contributed by atoms with Crippen LogP contribution in [0.15, 0.2) is 53.5 Å². The van der Waals surface area contributed by atoms with Crippen molar-refractivity contribution in [3.63, 3.8) is 0 Å². The lowest BCUT2D eigenvalue weighted by atomic mass is 10.2. The number of nitrogens with zero attached hydrogens (tertiary/aromatic N) is 2. The molecule has 3 rings (SSSR count). The monoisotopic (exact) mass is 265 g/mol. The first-order valence-electron chi connectivity index (χ1n) is 7.06. The van der Waals surface area contributed by atoms with Crippen LogP contribution in [-0.4, -0.2) is 19.3 Å². The molecule has 0 saturated carbocycles. The van der Waals surface area contributed by atoms with E-state index in [0.717, 1.165) is 16.9 Å². The number of nitrogens with two attached hydrogens (primary N) is 1. The first kappa shape index (κ1) is 12.7. The molecule has 102 valence electrons. The predicted molar refractivity (Wildman–Crippen MR) is 86.0 cm³/mol. The van der Waals surface area contributed by atoms with Crippen molar-refractivity contribution < 1.29 is 0 Å². The average molecular weight is 265 g/mol. The van der Waals surface area contributed by atoms with Crippen LogP contribution in [0.25, 0.3) is 0 Å². The Balaban J connectivity index is 1.69. The summed E-state index contributed by atoms with van der Waals surface area (Å²) in [5.41, 5.74) is 9.77. The second-order valence-electron chi connectivity index (χ2n) is 5.14. The van der Waals surface area contributed by atoms with E-state index in [-0.39, 0.29) is 0 Å². The Kier molecular flexibility index (Phi) is 3.68. The Labute approximate surface area is 119 Å². The number of hydrogen-bond acceptors (Lipinski definition) is 3. The lowest BCUT2D eigenvalue weighted by Crippen LogP contribution is -2.17. The highest BCUT2D eigenvalue weighted by Crippen LogP contribution is 2.23. The third-order valence-corrected chi connectivity index (χ3v) is 3.62. The quantitative estimate of drug-likeness (QED) is 0.680. The summed E-state index contributed by atoms with van der Waals surface area (Å²) in [6.07, 6.45) is 4.47. The maximum Gasteiger partial charge on any atom is 0.0631 e. The van der Waals surface area contributed by atoms with Crippen LogP contribution >= 0.6 is 0 Å². The van der Waals surface area contributed by atoms with Gasteiger partial charge < -0.3 is 10.6 Å². The Bertz CT molecular complexity index is 579. The van der Waals surface area contributed by atoms with E-state index in [4.69, 9.17) is 5.73 Å². The van der Waals surface area contributed by atoms with E-state index in [9.17, 15) is 0 Å². The van der Waals surface area contributed by atoms with Crippen LogP contribution in [0.5, 0.6) is 0 Å². The molecule has 0 bridgehead atoms. The molecule has 0 atom stereocenters. The normalized spacial score (nSPS) is 15.1. The molecule has 1 heterocycles. The van der Waals surface area contributed by atoms with Gasteiger partial charge in [0, 0.05) is 30.7 Å². The van der Waals surface area contributed by atoms with Crippen LogP contribution in [0, 0.1) is 0 Å². The number of rotatable bonds is 3. The van der Waals surface area contributed by atoms with Gasteiger partial charge in [0.15, 0.2) is 0 Å². The van der Waals surface area contributed by atoms with Crippen molar-refractivity contribution in [1.29, 1.82) is 0 Å². The van der Waals surface area contributed by atoms with Gasteiger partial charge in [0.1, 0.15) is 0 Å². The van der Waals surface area contributed by atoms with E-state index in [1.807, 2.05) is 30.5 Å². The minimum atomic E-state index is 0.775. The Morgan fingerprint density at radius 2 is 1.55 bits per heavy atom. The molecular weight excluding hydrogens is 246 g/mol. The van der Waals surface area contributed by atoms with Gasteiger partial charge >= 0.3 is 0 Å². The van der Waals surface area contributed by atoms with Crippen molar-refractivity contribution in [2.45, 2.75) is 12.8 Å². The molecule has 0 unspecified atom stereocenters. The second kappa shape index (κ2) is 5.78. The summed E-state index contributed by atoms with van der Waals surface area (Å²) in [4.78, 5) is 6.91. The highest BCUT2D eigenvalue weighted by molar-refractivity contribution is 5.82. The summed E-state index contributed by atoms with van der Waals surface area (Å²) in [5.74, 6) is 0. The highest BCUT2D eigenvalue weighted by atomic mass is 15.1. The number of hydrogen-bond donors (Lipinski definition) is 1. The molecule has 3 nitrogen and oxygen atoms in total. The standard InChI is InChI=1S/C17H19N3/c18-15-5-3-14(4-6-15)13-19-16-7-9-17(10-8-16)20-11-1-2-12-20/h3-10,13H,1-2,11-12,18H2. The van der Waals surface area contributed by atoms with Crippen molar-refractivity contribution in [3.05, 3.63) is 54.1 Å². The fourth-order valence-corrected chi connectivity index (χ4v) is 2.46. The lowest BCUT2D eigenvalue weighted by molar-refractivity contribution is 0.949. The zero-order valence-corrected chi connectivity index (χ0v) is 11.5. The van der Waals surface area contributed by atoms with E-state index >= 15 is 0 Å². The zero-order chi connectivity index (χ0) is 13.8. The molecule has 1 aliphatic heterocycles. The summed E-state index contributed by atoms with van der Waals surface area (Å²) in [7, 11) is 0. The molecular formula is C17H19N3. The summed E-state index contributed by atoms with van der Waals surface area (Å²) in [5, 5.41) is 0. The third-order valence-electron chi connectivity index (χ3n) is 3.62. The Hall–Kier alpha value is -2.29. The molecule has 0 radical (unpaired) electrons. The molecule has 2 aromatic carbocycles. The SMILES string of the molecule is Nc1ccc(C=Nc2ccc(N3CCCC3)cc2)cc1. The molecule has 20 heavy (non-hydrogen) atoms. The van der Waals surface area contributed by atoms with E-state index < -0.39 is 0 Å². The van der Waals surface area contributed by atoms with Gasteiger partial charge in [-0.05, 0) is 54.8 Å². The molecule has 2 aromatic rings. The van der Waals surface area contributed by atoms with Crippen molar-refractivity contribution in [1.82, 2.24) is 0 Å². The van der Waals surface area contributed by atoms with Crippen LogP contribution in [0.4, 0.5) is 17.1 Å². The zero-order valence-electron chi connectivity index (χ0n) is 11.5. The molecule has 1 fully saturated rings. The van der Waals surface area contributed by atoms with Gasteiger partial charge in [-0.25, -0.2) is 0 Å². The smallest absolute Gasteiger partial charge is 0.0631 e. The first-order valence-corrected chi connectivity index (χ1v) is 7.06. The third kappa shape index (κ3) is 2.99. The summed E-state index contributed by atoms with van der Waals surface area (Å²) < 4.78 is 0. The van der Waals surface area contributed by atoms with E-state index in [2.05, 4.69) is 34.2 Å². The van der Waals surface area contributed by atoms with Gasteiger partial charge in [-0.3, -0.25) is 4.99 Å². The molecule has 0 amide bonds. The van der Waals surface area contributed by atoms with Gasteiger partial charge in [0.05, 0.1) is 5.69 Å². The molecule has 0 aromatic heterocycles. The fraction of sp³-hybridized carbons (Fsp3) is 0.235. The van der Waals surface area contributed by atoms with Crippen LogP contribution < -0.4 is 10.6 Å². The molecule has 1 aliphatic rings. The summed E-state index contributed by atoms with van der Waals surface area (Å²) >= 11 is 0. The van der Waals surface area contributed by atoms with Gasteiger partial charge in [0.25, 0.3) is 0 Å². The predicted octanol–water partition coefficient (Wildman–Crippen LogP) is 3.62. The van der Waals surface area contributed by atoms with E-state index in [1.54, 1.807) is 0 Å². The molecule has 1 saturated heterocycles. The minimum Gasteiger partial charge on any atom is -0.399 e. The van der Waals surface area contributed by atoms with Gasteiger partial charge in [-0.2, -0.15) is 0 Å². The van der Waals surface area contributed by atoms with Gasteiger partial charge in [0.2, 0.25) is 0 Å². The number of aliphatic imine (C=N–C) groups is 1. The lowest BCUT2D eigenvalue weighted by Gasteiger charge is -2.17. The summed E-state index contributed by atoms with van der Waals surface area (Å²) in [6, 6.07) is 16.2. The number of anilines is 2. The number of nitrogen functional groups attached to an aromatic ring is 1. The topological polar surface area (TPSA) is 41.6 Å². The fourth-order valence-electron chi connectivity index (χ4n) is 2.46. The van der Waals surface area contributed by atoms with Crippen molar-refractivity contribution in [3.8, 4) is 0 Å². The molecule has 2 N–H and O–H groups in total. The van der Waals surface area contributed by atoms with Crippen molar-refractivity contribution >= 4 is 23.3 Å². The maximum atomic E-state index is 5.66. The van der Waals surface area contributed by atoms with Gasteiger partial charge in [-0.15, -0.1) is 0 Å². The van der Waals surface area contributed by atoms with Crippen LogP contribution in [-0.2, 0) is 0 Å². The number of benzene rings is 2. The largest absolute Gasteiger partial charge is 0.399 e. The molecule has 0 spiro atoms. The molecule has 3 heteroatoms. The highest BCUT2D eigenvalue weighted by Gasteiger charge is 2.11. The van der Waals surface area contributed by atoms with E-state index in [1.165, 1.54) is 31.6 Å². The minimum absolute atomic E-state index is 0.775. The Morgan fingerprint density at radius 3 is 2.20 bits per heavy atom. The second-order valence-corrected chi connectivity index (χ2v) is 5.14. The molecule has 0 aliphatic carbocycles. The van der Waals surface area contributed by atoms with Crippen LogP contribution in [0.3, 0.4) is 0 Å². The van der Waals surface area contributed by atoms with E-state index in [0.29, 0.717) is 0 Å². The first-order chi connectivity index (χ1) is 9.81.